The highest BCUT2D eigenvalue weighted by molar-refractivity contribution is 7.13. The van der Waals surface area contributed by atoms with Crippen LogP contribution in [0, 0.1) is 10.8 Å². The lowest BCUT2D eigenvalue weighted by atomic mass is 9.95. The molecule has 0 unspecified atom stereocenters. The van der Waals surface area contributed by atoms with Crippen LogP contribution < -0.4 is 5.73 Å². The van der Waals surface area contributed by atoms with Crippen molar-refractivity contribution in [3.63, 3.8) is 0 Å². The number of amidine groups is 2. The number of hydrogen-bond acceptors (Lipinski definition) is 3. The third-order valence-electron chi connectivity index (χ3n) is 4.31. The number of thiophene rings is 1. The molecule has 0 fully saturated rings. The molecule has 0 spiro atoms. The molecule has 5 heteroatoms. The standard InChI is InChI=1S/C21H30N4S/c1-5-6-7-8-9-15-11-13-26-18(15)16-10-12-24-17(14-16)19(22)25-20(23)21(2,3)4/h10-14H,5-9H2,1-4H3,(H3,22,23,25). The zero-order valence-corrected chi connectivity index (χ0v) is 17.1. The average Bonchev–Trinajstić information content (AvgIpc) is 3.06. The molecule has 3 N–H and O–H groups in total. The largest absolute Gasteiger partial charge is 0.387 e. The van der Waals surface area contributed by atoms with Gasteiger partial charge in [0, 0.05) is 16.5 Å². The summed E-state index contributed by atoms with van der Waals surface area (Å²) in [6, 6.07) is 6.17. The summed E-state index contributed by atoms with van der Waals surface area (Å²) in [6.45, 7) is 8.19. The van der Waals surface area contributed by atoms with Gasteiger partial charge in [0.1, 0.15) is 11.5 Å². The van der Waals surface area contributed by atoms with Gasteiger partial charge in [-0.3, -0.25) is 10.4 Å². The summed E-state index contributed by atoms with van der Waals surface area (Å²) in [6.07, 6.45) is 7.90. The number of hydrogen-bond donors (Lipinski definition) is 2. The summed E-state index contributed by atoms with van der Waals surface area (Å²) in [5.74, 6) is 0.558. The van der Waals surface area contributed by atoms with Crippen LogP contribution in [0.2, 0.25) is 0 Å². The summed E-state index contributed by atoms with van der Waals surface area (Å²) in [7, 11) is 0. The van der Waals surface area contributed by atoms with Crippen LogP contribution >= 0.6 is 11.3 Å². The second-order valence-electron chi connectivity index (χ2n) is 7.61. The van der Waals surface area contributed by atoms with Crippen LogP contribution in [0.4, 0.5) is 0 Å². The first-order valence-electron chi connectivity index (χ1n) is 9.29. The minimum absolute atomic E-state index is 0.111. The second kappa shape index (κ2) is 9.08. The average molecular weight is 371 g/mol. The molecule has 2 heterocycles. The van der Waals surface area contributed by atoms with Gasteiger partial charge in [-0.15, -0.1) is 11.3 Å². The molecule has 0 aromatic carbocycles. The fraction of sp³-hybridized carbons (Fsp3) is 0.476. The first-order valence-corrected chi connectivity index (χ1v) is 10.2. The Morgan fingerprint density at radius 3 is 2.69 bits per heavy atom. The van der Waals surface area contributed by atoms with Crippen LogP contribution in [0.1, 0.15) is 64.6 Å². The summed E-state index contributed by atoms with van der Waals surface area (Å²) >= 11 is 1.75. The van der Waals surface area contributed by atoms with Crippen molar-refractivity contribution < 1.29 is 0 Å². The number of rotatable bonds is 7. The fourth-order valence-electron chi connectivity index (χ4n) is 2.57. The molecule has 2 aromatic rings. The topological polar surface area (TPSA) is 75.1 Å². The Labute approximate surface area is 161 Å². The van der Waals surface area contributed by atoms with Gasteiger partial charge in [-0.1, -0.05) is 47.0 Å². The van der Waals surface area contributed by atoms with Gasteiger partial charge in [-0.2, -0.15) is 0 Å². The molecule has 2 aromatic heterocycles. The molecule has 0 aliphatic rings. The zero-order valence-electron chi connectivity index (χ0n) is 16.3. The van der Waals surface area contributed by atoms with Crippen molar-refractivity contribution in [2.75, 3.05) is 0 Å². The van der Waals surface area contributed by atoms with Crippen LogP contribution in [0.3, 0.4) is 0 Å². The Hall–Kier alpha value is -2.01. The summed E-state index contributed by atoms with van der Waals surface area (Å²) in [5.41, 5.74) is 8.79. The first-order chi connectivity index (χ1) is 12.3. The molecular formula is C21H30N4S. The molecule has 4 nitrogen and oxygen atoms in total. The quantitative estimate of drug-likeness (QED) is 0.375. The maximum absolute atomic E-state index is 8.25. The van der Waals surface area contributed by atoms with Crippen molar-refractivity contribution in [2.45, 2.75) is 59.8 Å². The number of aryl methyl sites for hydroxylation is 1. The molecule has 0 radical (unpaired) electrons. The first kappa shape index (κ1) is 20.3. The van der Waals surface area contributed by atoms with E-state index in [2.05, 4.69) is 28.3 Å². The highest BCUT2D eigenvalue weighted by Crippen LogP contribution is 2.31. The predicted octanol–water partition coefficient (Wildman–Crippen LogP) is 5.66. The van der Waals surface area contributed by atoms with Gasteiger partial charge in [-0.05, 0) is 47.5 Å². The molecule has 0 saturated carbocycles. The minimum atomic E-state index is -0.261. The van der Waals surface area contributed by atoms with E-state index in [1.807, 2.05) is 32.9 Å². The Morgan fingerprint density at radius 1 is 1.23 bits per heavy atom. The van der Waals surface area contributed by atoms with Crippen LogP contribution in [0.25, 0.3) is 10.4 Å². The number of pyridine rings is 1. The smallest absolute Gasteiger partial charge is 0.172 e. The number of aliphatic imine (C=N–C) groups is 1. The van der Waals surface area contributed by atoms with Crippen molar-refractivity contribution in [1.29, 1.82) is 5.41 Å². The molecule has 0 aliphatic carbocycles. The fourth-order valence-corrected chi connectivity index (χ4v) is 3.53. The highest BCUT2D eigenvalue weighted by atomic mass is 32.1. The number of unbranched alkanes of at least 4 members (excludes halogenated alkanes) is 3. The molecule has 26 heavy (non-hydrogen) atoms. The molecule has 0 amide bonds. The molecule has 2 rings (SSSR count). The summed E-state index contributed by atoms with van der Waals surface area (Å²) in [5, 5.41) is 10.4. The lowest BCUT2D eigenvalue weighted by Crippen LogP contribution is -2.30. The van der Waals surface area contributed by atoms with E-state index in [0.717, 1.165) is 12.0 Å². The Morgan fingerprint density at radius 2 is 2.00 bits per heavy atom. The van der Waals surface area contributed by atoms with Crippen LogP contribution in [-0.4, -0.2) is 16.7 Å². The monoisotopic (exact) mass is 370 g/mol. The lowest BCUT2D eigenvalue weighted by molar-refractivity contribution is 0.585. The zero-order chi connectivity index (χ0) is 19.2. The molecule has 0 bridgehead atoms. The molecule has 140 valence electrons. The lowest BCUT2D eigenvalue weighted by Gasteiger charge is -2.17. The van der Waals surface area contributed by atoms with Crippen LogP contribution in [-0.2, 0) is 6.42 Å². The van der Waals surface area contributed by atoms with E-state index < -0.39 is 0 Å². The van der Waals surface area contributed by atoms with Crippen molar-refractivity contribution in [2.24, 2.45) is 16.1 Å². The van der Waals surface area contributed by atoms with Crippen LogP contribution in [0.5, 0.6) is 0 Å². The van der Waals surface area contributed by atoms with Gasteiger partial charge >= 0.3 is 0 Å². The van der Waals surface area contributed by atoms with Gasteiger partial charge in [0.2, 0.25) is 0 Å². The van der Waals surface area contributed by atoms with Crippen molar-refractivity contribution in [3.8, 4) is 10.4 Å². The van der Waals surface area contributed by atoms with Gasteiger partial charge in [0.15, 0.2) is 5.84 Å². The predicted molar refractivity (Wildman–Crippen MR) is 113 cm³/mol. The number of nitrogens with two attached hydrogens (primary N) is 1. The second-order valence-corrected chi connectivity index (χ2v) is 8.53. The van der Waals surface area contributed by atoms with Gasteiger partial charge in [0.05, 0.1) is 0 Å². The van der Waals surface area contributed by atoms with Crippen molar-refractivity contribution in [3.05, 3.63) is 41.0 Å². The number of nitrogens with one attached hydrogen (secondary N) is 1. The molecule has 0 atom stereocenters. The number of nitrogens with zero attached hydrogens (tertiary/aromatic N) is 2. The van der Waals surface area contributed by atoms with E-state index in [0.29, 0.717) is 11.5 Å². The SMILES string of the molecule is CCCCCCc1ccsc1-c1ccnc(C(=N)N=C(N)C(C)(C)C)c1. The molecule has 0 saturated heterocycles. The summed E-state index contributed by atoms with van der Waals surface area (Å²) in [4.78, 5) is 9.84. The maximum atomic E-state index is 8.25. The molecular weight excluding hydrogens is 340 g/mol. The third kappa shape index (κ3) is 5.49. The Kier molecular flexibility index (Phi) is 7.09. The Balaban J connectivity index is 2.20. The van der Waals surface area contributed by atoms with Gasteiger partial charge in [0.25, 0.3) is 0 Å². The van der Waals surface area contributed by atoms with E-state index in [-0.39, 0.29) is 11.3 Å². The highest BCUT2D eigenvalue weighted by Gasteiger charge is 2.17. The Bertz CT molecular complexity index is 768. The molecule has 0 aliphatic heterocycles. The van der Waals surface area contributed by atoms with Crippen molar-refractivity contribution in [1.82, 2.24) is 4.98 Å². The van der Waals surface area contributed by atoms with Gasteiger partial charge < -0.3 is 5.73 Å². The van der Waals surface area contributed by atoms with Crippen molar-refractivity contribution >= 4 is 23.0 Å². The summed E-state index contributed by atoms with van der Waals surface area (Å²) < 4.78 is 0. The van der Waals surface area contributed by atoms with Crippen LogP contribution in [0.15, 0.2) is 34.8 Å². The van der Waals surface area contributed by atoms with E-state index in [1.54, 1.807) is 17.5 Å². The minimum Gasteiger partial charge on any atom is -0.387 e. The third-order valence-corrected chi connectivity index (χ3v) is 5.32. The van der Waals surface area contributed by atoms with E-state index >= 15 is 0 Å². The normalized spacial score (nSPS) is 12.4. The maximum Gasteiger partial charge on any atom is 0.172 e. The van der Waals surface area contributed by atoms with E-state index in [4.69, 9.17) is 11.1 Å². The van der Waals surface area contributed by atoms with E-state index in [1.165, 1.54) is 36.1 Å². The van der Waals surface area contributed by atoms with Gasteiger partial charge in [-0.25, -0.2) is 4.99 Å². The van der Waals surface area contributed by atoms with E-state index in [9.17, 15) is 0 Å². The number of aromatic nitrogens is 1.